The lowest BCUT2D eigenvalue weighted by Crippen LogP contribution is -2.27. The molecule has 4 rings (SSSR count). The number of rotatable bonds is 10. The highest BCUT2D eigenvalue weighted by molar-refractivity contribution is 6.32. The second kappa shape index (κ2) is 13.9. The molecule has 4 aromatic rings. The number of aryl methyl sites for hydroxylation is 1. The van der Waals surface area contributed by atoms with Crippen molar-refractivity contribution in [3.8, 4) is 22.3 Å². The molecule has 0 saturated heterocycles. The van der Waals surface area contributed by atoms with Gasteiger partial charge in [-0.25, -0.2) is 0 Å². The van der Waals surface area contributed by atoms with Crippen molar-refractivity contribution in [1.82, 2.24) is 10.3 Å². The minimum Gasteiger partial charge on any atom is -0.466 e. The number of carbonyl (C=O) groups is 2. The van der Waals surface area contributed by atoms with Gasteiger partial charge in [-0.15, -0.1) is 0 Å². The molecule has 11 heteroatoms. The Morgan fingerprint density at radius 3 is 2.28 bits per heavy atom. The zero-order valence-corrected chi connectivity index (χ0v) is 24.8. The molecule has 3 aromatic carbocycles. The van der Waals surface area contributed by atoms with Gasteiger partial charge < -0.3 is 15.4 Å². The second-order valence-corrected chi connectivity index (χ2v) is 10.5. The standard InChI is InChI=1S/C32H28Cl2F3N3O3/c1-3-43-30(41)12-13-38-31(42)29-11-6-21(17-40-29)26-15-22(32(35,36)37)16-28(34)27(26)18-39-24-8-4-20(5-9-24)25-10-7-23(33)14-19(25)2/h4-11,14-17,39H,3,12-13,18H2,1-2H3,(H,38,42). The normalized spacial score (nSPS) is 11.2. The molecule has 0 spiro atoms. The first-order chi connectivity index (χ1) is 20.5. The van der Waals surface area contributed by atoms with Crippen LogP contribution in [0.4, 0.5) is 18.9 Å². The van der Waals surface area contributed by atoms with Gasteiger partial charge in [0.2, 0.25) is 0 Å². The third kappa shape index (κ3) is 8.27. The number of carbonyl (C=O) groups excluding carboxylic acids is 2. The molecule has 0 radical (unpaired) electrons. The molecule has 43 heavy (non-hydrogen) atoms. The van der Waals surface area contributed by atoms with Crippen molar-refractivity contribution in [1.29, 1.82) is 0 Å². The molecule has 0 unspecified atom stereocenters. The van der Waals surface area contributed by atoms with Crippen molar-refractivity contribution in [3.63, 3.8) is 0 Å². The van der Waals surface area contributed by atoms with Crippen molar-refractivity contribution in [2.24, 2.45) is 0 Å². The van der Waals surface area contributed by atoms with Crippen molar-refractivity contribution in [3.05, 3.63) is 105 Å². The molecular weight excluding hydrogens is 602 g/mol. The zero-order valence-electron chi connectivity index (χ0n) is 23.3. The summed E-state index contributed by atoms with van der Waals surface area (Å²) < 4.78 is 45.9. The van der Waals surface area contributed by atoms with E-state index in [9.17, 15) is 22.8 Å². The number of anilines is 1. The van der Waals surface area contributed by atoms with Crippen LogP contribution in [-0.2, 0) is 22.3 Å². The van der Waals surface area contributed by atoms with E-state index in [-0.39, 0.29) is 42.4 Å². The Morgan fingerprint density at radius 2 is 1.65 bits per heavy atom. The molecular formula is C32H28Cl2F3N3O3. The maximum absolute atomic E-state index is 13.7. The molecule has 0 fully saturated rings. The minimum atomic E-state index is -4.62. The number of aromatic nitrogens is 1. The van der Waals surface area contributed by atoms with Crippen LogP contribution in [0.2, 0.25) is 10.0 Å². The highest BCUT2D eigenvalue weighted by atomic mass is 35.5. The summed E-state index contributed by atoms with van der Waals surface area (Å²) in [4.78, 5) is 28.0. The maximum atomic E-state index is 13.7. The summed E-state index contributed by atoms with van der Waals surface area (Å²) in [7, 11) is 0. The third-order valence-corrected chi connectivity index (χ3v) is 7.18. The van der Waals surface area contributed by atoms with Crippen LogP contribution >= 0.6 is 23.2 Å². The predicted octanol–water partition coefficient (Wildman–Crippen LogP) is 8.34. The Hall–Kier alpha value is -4.08. The van der Waals surface area contributed by atoms with Crippen LogP contribution in [0.15, 0.2) is 72.9 Å². The molecule has 0 atom stereocenters. The van der Waals surface area contributed by atoms with Crippen molar-refractivity contribution in [2.75, 3.05) is 18.5 Å². The lowest BCUT2D eigenvalue weighted by atomic mass is 9.97. The number of esters is 1. The SMILES string of the molecule is CCOC(=O)CCNC(=O)c1ccc(-c2cc(C(F)(F)F)cc(Cl)c2CNc2ccc(-c3ccc(Cl)cc3C)cc2)cn1. The first-order valence-corrected chi connectivity index (χ1v) is 14.1. The maximum Gasteiger partial charge on any atom is 0.416 e. The van der Waals surface area contributed by atoms with Crippen molar-refractivity contribution in [2.45, 2.75) is 33.0 Å². The van der Waals surface area contributed by atoms with E-state index in [2.05, 4.69) is 15.6 Å². The first-order valence-electron chi connectivity index (χ1n) is 13.4. The highest BCUT2D eigenvalue weighted by Gasteiger charge is 2.32. The van der Waals surface area contributed by atoms with Gasteiger partial charge in [0, 0.05) is 40.6 Å². The molecule has 0 saturated carbocycles. The fourth-order valence-corrected chi connectivity index (χ4v) is 4.95. The minimum absolute atomic E-state index is 0.000250. The molecule has 6 nitrogen and oxygen atoms in total. The summed E-state index contributed by atoms with van der Waals surface area (Å²) in [6, 6.07) is 18.1. The van der Waals surface area contributed by atoms with Gasteiger partial charge in [0.15, 0.2) is 0 Å². The number of hydrogen-bond donors (Lipinski definition) is 2. The van der Waals surface area contributed by atoms with Crippen LogP contribution in [0.1, 0.15) is 40.5 Å². The number of benzene rings is 3. The van der Waals surface area contributed by atoms with Gasteiger partial charge in [-0.1, -0.05) is 47.5 Å². The fourth-order valence-electron chi connectivity index (χ4n) is 4.44. The lowest BCUT2D eigenvalue weighted by molar-refractivity contribution is -0.143. The lowest BCUT2D eigenvalue weighted by Gasteiger charge is -2.17. The fraction of sp³-hybridized carbons (Fsp3) is 0.219. The van der Waals surface area contributed by atoms with E-state index in [1.54, 1.807) is 6.92 Å². The predicted molar refractivity (Wildman–Crippen MR) is 162 cm³/mol. The Morgan fingerprint density at radius 1 is 0.930 bits per heavy atom. The Balaban J connectivity index is 1.54. The van der Waals surface area contributed by atoms with E-state index in [4.69, 9.17) is 27.9 Å². The summed E-state index contributed by atoms with van der Waals surface area (Å²) in [6.07, 6.45) is -3.30. The average molecular weight is 630 g/mol. The molecule has 0 bridgehead atoms. The van der Waals surface area contributed by atoms with Crippen LogP contribution in [0.3, 0.4) is 0 Å². The molecule has 1 heterocycles. The van der Waals surface area contributed by atoms with Crippen molar-refractivity contribution < 1.29 is 27.5 Å². The number of hydrogen-bond acceptors (Lipinski definition) is 5. The average Bonchev–Trinajstić information content (AvgIpc) is 2.96. The van der Waals surface area contributed by atoms with E-state index in [1.807, 2.05) is 49.4 Å². The van der Waals surface area contributed by atoms with E-state index in [0.717, 1.165) is 34.5 Å². The number of nitrogens with zero attached hydrogens (tertiary/aromatic N) is 1. The topological polar surface area (TPSA) is 80.3 Å². The van der Waals surface area contributed by atoms with Gasteiger partial charge in [0.05, 0.1) is 18.6 Å². The zero-order chi connectivity index (χ0) is 31.1. The van der Waals surface area contributed by atoms with Crippen molar-refractivity contribution >= 4 is 40.8 Å². The first kappa shape index (κ1) is 31.8. The van der Waals surface area contributed by atoms with Crippen LogP contribution in [-0.4, -0.2) is 30.0 Å². The molecule has 0 aliphatic heterocycles. The largest absolute Gasteiger partial charge is 0.466 e. The van der Waals surface area contributed by atoms with E-state index in [0.29, 0.717) is 16.1 Å². The van der Waals surface area contributed by atoms with Gasteiger partial charge in [0.25, 0.3) is 5.91 Å². The molecule has 1 aromatic heterocycles. The number of alkyl halides is 3. The summed E-state index contributed by atoms with van der Waals surface area (Å²) >= 11 is 12.5. The number of pyridine rings is 1. The molecule has 1 amide bonds. The number of amides is 1. The highest BCUT2D eigenvalue weighted by Crippen LogP contribution is 2.38. The van der Waals surface area contributed by atoms with Gasteiger partial charge in [-0.3, -0.25) is 14.6 Å². The summed E-state index contributed by atoms with van der Waals surface area (Å²) in [5, 5.41) is 6.39. The Bertz CT molecular complexity index is 1610. The molecule has 2 N–H and O–H groups in total. The van der Waals surface area contributed by atoms with Crippen LogP contribution in [0.25, 0.3) is 22.3 Å². The second-order valence-electron chi connectivity index (χ2n) is 9.62. The molecule has 0 aliphatic rings. The van der Waals surface area contributed by atoms with Gasteiger partial charge in [-0.05, 0) is 84.1 Å². The number of halogens is 5. The van der Waals surface area contributed by atoms with Crippen LogP contribution < -0.4 is 10.6 Å². The quantitative estimate of drug-likeness (QED) is 0.172. The summed E-state index contributed by atoms with van der Waals surface area (Å²) in [5.41, 5.74) is 3.94. The van der Waals surface area contributed by atoms with Gasteiger partial charge in [-0.2, -0.15) is 13.2 Å². The summed E-state index contributed by atoms with van der Waals surface area (Å²) in [5.74, 6) is -0.974. The van der Waals surface area contributed by atoms with Gasteiger partial charge >= 0.3 is 12.1 Å². The molecule has 0 aliphatic carbocycles. The molecule has 224 valence electrons. The van der Waals surface area contributed by atoms with Crippen LogP contribution in [0, 0.1) is 6.92 Å². The van der Waals surface area contributed by atoms with E-state index in [1.165, 1.54) is 18.3 Å². The van der Waals surface area contributed by atoms with Crippen LogP contribution in [0.5, 0.6) is 0 Å². The Kier molecular flexibility index (Phi) is 10.3. The van der Waals surface area contributed by atoms with E-state index >= 15 is 0 Å². The van der Waals surface area contributed by atoms with Gasteiger partial charge in [0.1, 0.15) is 5.69 Å². The smallest absolute Gasteiger partial charge is 0.416 e. The monoisotopic (exact) mass is 629 g/mol. The third-order valence-electron chi connectivity index (χ3n) is 6.60. The Labute approximate surface area is 257 Å². The van der Waals surface area contributed by atoms with E-state index < -0.39 is 23.6 Å². The summed E-state index contributed by atoms with van der Waals surface area (Å²) in [6.45, 7) is 4.08. The number of ether oxygens (including phenoxy) is 1. The number of nitrogens with one attached hydrogen (secondary N) is 2.